The molecule has 2 atom stereocenters. The number of esters is 1. The van der Waals surface area contributed by atoms with Crippen LogP contribution in [0, 0.1) is 0 Å². The molecule has 0 spiro atoms. The summed E-state index contributed by atoms with van der Waals surface area (Å²) in [5.41, 5.74) is -0.644. The molecule has 5 nitrogen and oxygen atoms in total. The molecule has 1 heterocycles. The molecule has 0 aromatic rings. The molecule has 0 amide bonds. The minimum atomic E-state index is -0.644. The second-order valence-corrected chi connectivity index (χ2v) is 4.75. The number of nitrogens with one attached hydrogen (secondary N) is 1. The van der Waals surface area contributed by atoms with Crippen LogP contribution >= 0.6 is 0 Å². The van der Waals surface area contributed by atoms with Crippen LogP contribution in [0.2, 0.25) is 0 Å². The number of morpholine rings is 1. The third-order valence-corrected chi connectivity index (χ3v) is 3.23. The molecule has 0 radical (unpaired) electrons. The van der Waals surface area contributed by atoms with Gasteiger partial charge in [0, 0.05) is 19.1 Å². The average Bonchev–Trinajstić information content (AvgIpc) is 2.31. The Morgan fingerprint density at radius 2 is 2.35 bits per heavy atom. The zero-order valence-corrected chi connectivity index (χ0v) is 11.3. The first-order valence-corrected chi connectivity index (χ1v) is 6.18. The molecule has 0 saturated carbocycles. The second kappa shape index (κ2) is 6.33. The summed E-state index contributed by atoms with van der Waals surface area (Å²) in [5, 5.41) is 3.22. The van der Waals surface area contributed by atoms with Crippen molar-refractivity contribution in [3.63, 3.8) is 0 Å². The Hall–Kier alpha value is -0.650. The summed E-state index contributed by atoms with van der Waals surface area (Å²) in [7, 11) is 1.43. The number of hydrogen-bond donors (Lipinski definition) is 1. The molecule has 5 heteroatoms. The van der Waals surface area contributed by atoms with Crippen LogP contribution in [-0.4, -0.2) is 62.4 Å². The lowest BCUT2D eigenvalue weighted by molar-refractivity contribution is -0.149. The third kappa shape index (κ3) is 3.66. The number of carbonyl (C=O) groups excluding carboxylic acids is 1. The Morgan fingerprint density at radius 3 is 2.88 bits per heavy atom. The third-order valence-electron chi connectivity index (χ3n) is 3.23. The second-order valence-electron chi connectivity index (χ2n) is 4.75. The van der Waals surface area contributed by atoms with Gasteiger partial charge in [-0.2, -0.15) is 0 Å². The molecule has 17 heavy (non-hydrogen) atoms. The summed E-state index contributed by atoms with van der Waals surface area (Å²) in [5.74, 6) is -0.210. The topological polar surface area (TPSA) is 50.8 Å². The Morgan fingerprint density at radius 1 is 1.65 bits per heavy atom. The van der Waals surface area contributed by atoms with E-state index in [1.165, 1.54) is 7.11 Å². The predicted octanol–water partition coefficient (Wildman–Crippen LogP) is 0.248. The molecule has 0 aromatic carbocycles. The van der Waals surface area contributed by atoms with Gasteiger partial charge in [-0.1, -0.05) is 6.92 Å². The van der Waals surface area contributed by atoms with E-state index < -0.39 is 5.54 Å². The number of methoxy groups -OCH3 is 1. The van der Waals surface area contributed by atoms with Gasteiger partial charge in [0.05, 0.1) is 20.3 Å². The normalized spacial score (nSPS) is 25.3. The lowest BCUT2D eigenvalue weighted by Crippen LogP contribution is -2.60. The van der Waals surface area contributed by atoms with E-state index in [0.29, 0.717) is 12.6 Å². The number of ether oxygens (including phenoxy) is 2. The Bertz CT molecular complexity index is 260. The van der Waals surface area contributed by atoms with Crippen molar-refractivity contribution in [3.05, 3.63) is 0 Å². The van der Waals surface area contributed by atoms with Gasteiger partial charge in [0.1, 0.15) is 5.54 Å². The first kappa shape index (κ1) is 14.4. The molecule has 1 N–H and O–H groups in total. The maximum atomic E-state index is 11.9. The van der Waals surface area contributed by atoms with Crippen LogP contribution in [0.3, 0.4) is 0 Å². The van der Waals surface area contributed by atoms with Crippen molar-refractivity contribution in [1.29, 1.82) is 0 Å². The van der Waals surface area contributed by atoms with Crippen LogP contribution in [0.5, 0.6) is 0 Å². The Labute approximate surface area is 103 Å². The predicted molar refractivity (Wildman–Crippen MR) is 66.0 cm³/mol. The van der Waals surface area contributed by atoms with Gasteiger partial charge in [-0.05, 0) is 20.4 Å². The van der Waals surface area contributed by atoms with Crippen molar-refractivity contribution in [2.45, 2.75) is 32.4 Å². The SMILES string of the molecule is CCNC(C)(CN1CCOCC1C)C(=O)OC. The molecule has 0 bridgehead atoms. The lowest BCUT2D eigenvalue weighted by atomic mass is 10.0. The molecule has 1 fully saturated rings. The highest BCUT2D eigenvalue weighted by Gasteiger charge is 2.37. The number of carbonyl (C=O) groups is 1. The number of nitrogens with zero attached hydrogens (tertiary/aromatic N) is 1. The Balaban J connectivity index is 2.67. The summed E-state index contributed by atoms with van der Waals surface area (Å²) >= 11 is 0. The van der Waals surface area contributed by atoms with Gasteiger partial charge in [-0.3, -0.25) is 9.69 Å². The highest BCUT2D eigenvalue weighted by molar-refractivity contribution is 5.80. The van der Waals surface area contributed by atoms with Crippen LogP contribution in [-0.2, 0) is 14.3 Å². The van der Waals surface area contributed by atoms with Gasteiger partial charge in [0.15, 0.2) is 0 Å². The van der Waals surface area contributed by atoms with E-state index in [1.54, 1.807) is 0 Å². The molecule has 100 valence electrons. The molecule has 2 unspecified atom stereocenters. The summed E-state index contributed by atoms with van der Waals surface area (Å²) in [6.07, 6.45) is 0. The van der Waals surface area contributed by atoms with Crippen molar-refractivity contribution < 1.29 is 14.3 Å². The van der Waals surface area contributed by atoms with E-state index in [0.717, 1.165) is 26.3 Å². The number of rotatable bonds is 5. The summed E-state index contributed by atoms with van der Waals surface area (Å²) in [4.78, 5) is 14.1. The van der Waals surface area contributed by atoms with Gasteiger partial charge in [-0.25, -0.2) is 0 Å². The number of likely N-dealkylation sites (N-methyl/N-ethyl adjacent to an activating group) is 1. The molecule has 1 aliphatic heterocycles. The van der Waals surface area contributed by atoms with Crippen LogP contribution in [0.25, 0.3) is 0 Å². The highest BCUT2D eigenvalue weighted by Crippen LogP contribution is 2.14. The quantitative estimate of drug-likeness (QED) is 0.703. The van der Waals surface area contributed by atoms with E-state index >= 15 is 0 Å². The molecule has 0 aliphatic carbocycles. The minimum absolute atomic E-state index is 0.210. The fourth-order valence-electron chi connectivity index (χ4n) is 2.21. The molecular weight excluding hydrogens is 220 g/mol. The molecule has 1 rings (SSSR count). The van der Waals surface area contributed by atoms with E-state index in [1.807, 2.05) is 13.8 Å². The molecule has 1 aliphatic rings. The lowest BCUT2D eigenvalue weighted by Gasteiger charge is -2.39. The maximum Gasteiger partial charge on any atom is 0.327 e. The van der Waals surface area contributed by atoms with Gasteiger partial charge in [0.2, 0.25) is 0 Å². The maximum absolute atomic E-state index is 11.9. The van der Waals surface area contributed by atoms with Gasteiger partial charge in [-0.15, -0.1) is 0 Å². The van der Waals surface area contributed by atoms with Crippen molar-refractivity contribution >= 4 is 5.97 Å². The fraction of sp³-hybridized carbons (Fsp3) is 0.917. The van der Waals surface area contributed by atoms with Gasteiger partial charge >= 0.3 is 5.97 Å². The van der Waals surface area contributed by atoms with Crippen molar-refractivity contribution in [1.82, 2.24) is 10.2 Å². The van der Waals surface area contributed by atoms with E-state index in [-0.39, 0.29) is 5.97 Å². The standard InChI is InChI=1S/C12H24N2O3/c1-5-13-12(3,11(15)16-4)9-14-6-7-17-8-10(14)2/h10,13H,5-9H2,1-4H3. The Kier molecular flexibility index (Phi) is 5.36. The first-order valence-electron chi connectivity index (χ1n) is 6.18. The summed E-state index contributed by atoms with van der Waals surface area (Å²) < 4.78 is 10.3. The molecule has 0 aromatic heterocycles. The average molecular weight is 244 g/mol. The van der Waals surface area contributed by atoms with E-state index in [9.17, 15) is 4.79 Å². The van der Waals surface area contributed by atoms with Crippen LogP contribution < -0.4 is 5.32 Å². The van der Waals surface area contributed by atoms with Crippen LogP contribution in [0.15, 0.2) is 0 Å². The minimum Gasteiger partial charge on any atom is -0.468 e. The molecule has 1 saturated heterocycles. The summed E-state index contributed by atoms with van der Waals surface area (Å²) in [6, 6.07) is 0.339. The zero-order chi connectivity index (χ0) is 12.9. The largest absolute Gasteiger partial charge is 0.468 e. The van der Waals surface area contributed by atoms with E-state index in [2.05, 4.69) is 17.1 Å². The first-order chi connectivity index (χ1) is 8.03. The monoisotopic (exact) mass is 244 g/mol. The fourth-order valence-corrected chi connectivity index (χ4v) is 2.21. The van der Waals surface area contributed by atoms with Gasteiger partial charge in [0.25, 0.3) is 0 Å². The molecular formula is C12H24N2O3. The summed E-state index contributed by atoms with van der Waals surface area (Å²) in [6.45, 7) is 9.70. The van der Waals surface area contributed by atoms with Gasteiger partial charge < -0.3 is 14.8 Å². The van der Waals surface area contributed by atoms with Crippen LogP contribution in [0.1, 0.15) is 20.8 Å². The van der Waals surface area contributed by atoms with Crippen molar-refractivity contribution in [2.24, 2.45) is 0 Å². The zero-order valence-electron chi connectivity index (χ0n) is 11.3. The number of hydrogen-bond acceptors (Lipinski definition) is 5. The van der Waals surface area contributed by atoms with Crippen molar-refractivity contribution in [2.75, 3.05) is 40.0 Å². The van der Waals surface area contributed by atoms with Crippen molar-refractivity contribution in [3.8, 4) is 0 Å². The highest BCUT2D eigenvalue weighted by atomic mass is 16.5. The smallest absolute Gasteiger partial charge is 0.327 e. The van der Waals surface area contributed by atoms with Crippen LogP contribution in [0.4, 0.5) is 0 Å². The van der Waals surface area contributed by atoms with E-state index in [4.69, 9.17) is 9.47 Å².